The summed E-state index contributed by atoms with van der Waals surface area (Å²) in [6.07, 6.45) is -0.779. The molecule has 6 heteroatoms. The Labute approximate surface area is 122 Å². The number of amides is 2. The van der Waals surface area contributed by atoms with Gasteiger partial charge in [-0.15, -0.1) is 0 Å². The van der Waals surface area contributed by atoms with Crippen LogP contribution in [0.1, 0.15) is 5.56 Å². The number of hydrogen-bond acceptors (Lipinski definition) is 5. The lowest BCUT2D eigenvalue weighted by Gasteiger charge is -2.36. The van der Waals surface area contributed by atoms with Gasteiger partial charge in [0.05, 0.1) is 32.3 Å². The molecule has 2 aliphatic heterocycles. The second-order valence-electron chi connectivity index (χ2n) is 5.46. The third kappa shape index (κ3) is 2.97. The molecule has 3 rings (SSSR count). The van der Waals surface area contributed by atoms with Gasteiger partial charge in [-0.25, -0.2) is 0 Å². The third-order valence-electron chi connectivity index (χ3n) is 3.86. The molecule has 0 aromatic heterocycles. The van der Waals surface area contributed by atoms with Crippen molar-refractivity contribution in [2.75, 3.05) is 26.3 Å². The molecule has 1 N–H and O–H groups in total. The second kappa shape index (κ2) is 5.93. The lowest BCUT2D eigenvalue weighted by Crippen LogP contribution is -2.59. The summed E-state index contributed by atoms with van der Waals surface area (Å²) in [5, 5.41) is 9.79. The SMILES string of the molecule is O=C1CN(Cc2ccccc2)CC(=O)N1[C@@H]1COC[C@H]1O. The van der Waals surface area contributed by atoms with Gasteiger partial charge in [0.25, 0.3) is 0 Å². The van der Waals surface area contributed by atoms with E-state index in [0.29, 0.717) is 6.54 Å². The number of ether oxygens (including phenoxy) is 1. The summed E-state index contributed by atoms with van der Waals surface area (Å²) in [7, 11) is 0. The molecular formula is C15H18N2O4. The quantitative estimate of drug-likeness (QED) is 0.768. The molecule has 0 radical (unpaired) electrons. The van der Waals surface area contributed by atoms with Gasteiger partial charge in [-0.3, -0.25) is 19.4 Å². The maximum Gasteiger partial charge on any atom is 0.243 e. The van der Waals surface area contributed by atoms with Gasteiger partial charge >= 0.3 is 0 Å². The molecule has 1 aromatic rings. The van der Waals surface area contributed by atoms with Crippen molar-refractivity contribution < 1.29 is 19.4 Å². The van der Waals surface area contributed by atoms with Crippen LogP contribution < -0.4 is 0 Å². The van der Waals surface area contributed by atoms with Crippen molar-refractivity contribution >= 4 is 11.8 Å². The van der Waals surface area contributed by atoms with Crippen LogP contribution in [0, 0.1) is 0 Å². The number of benzene rings is 1. The zero-order valence-corrected chi connectivity index (χ0v) is 11.6. The predicted molar refractivity (Wildman–Crippen MR) is 74.2 cm³/mol. The van der Waals surface area contributed by atoms with Crippen molar-refractivity contribution in [1.82, 2.24) is 9.80 Å². The molecule has 2 aliphatic rings. The van der Waals surface area contributed by atoms with Crippen molar-refractivity contribution in [3.63, 3.8) is 0 Å². The molecule has 0 spiro atoms. The number of aliphatic hydroxyl groups excluding tert-OH is 1. The van der Waals surface area contributed by atoms with E-state index in [1.54, 1.807) is 0 Å². The molecule has 2 saturated heterocycles. The number of imide groups is 1. The summed E-state index contributed by atoms with van der Waals surface area (Å²) in [6.45, 7) is 1.33. The highest BCUT2D eigenvalue weighted by atomic mass is 16.5. The van der Waals surface area contributed by atoms with Gasteiger partial charge in [-0.1, -0.05) is 30.3 Å². The summed E-state index contributed by atoms with van der Waals surface area (Å²) in [4.78, 5) is 27.5. The molecule has 0 unspecified atom stereocenters. The molecule has 21 heavy (non-hydrogen) atoms. The second-order valence-corrected chi connectivity index (χ2v) is 5.46. The van der Waals surface area contributed by atoms with Crippen molar-refractivity contribution in [3.05, 3.63) is 35.9 Å². The van der Waals surface area contributed by atoms with Crippen LogP contribution in [0.4, 0.5) is 0 Å². The monoisotopic (exact) mass is 290 g/mol. The van der Waals surface area contributed by atoms with Crippen LogP contribution in [-0.4, -0.2) is 65.2 Å². The zero-order chi connectivity index (χ0) is 14.8. The molecule has 112 valence electrons. The molecule has 6 nitrogen and oxygen atoms in total. The van der Waals surface area contributed by atoms with Gasteiger partial charge in [0.2, 0.25) is 11.8 Å². The molecule has 1 aromatic carbocycles. The number of rotatable bonds is 3. The van der Waals surface area contributed by atoms with Crippen molar-refractivity contribution in [3.8, 4) is 0 Å². The Morgan fingerprint density at radius 1 is 1.10 bits per heavy atom. The molecule has 2 atom stereocenters. The average Bonchev–Trinajstić information content (AvgIpc) is 2.85. The summed E-state index contributed by atoms with van der Waals surface area (Å²) < 4.78 is 5.13. The smallest absolute Gasteiger partial charge is 0.243 e. The van der Waals surface area contributed by atoms with Gasteiger partial charge in [0, 0.05) is 6.54 Å². The van der Waals surface area contributed by atoms with Crippen molar-refractivity contribution in [2.24, 2.45) is 0 Å². The standard InChI is InChI=1S/C15H18N2O4/c18-13-10-21-9-12(13)17-14(19)7-16(8-15(17)20)6-11-4-2-1-3-5-11/h1-5,12-13,18H,6-10H2/t12-,13-/m1/s1. The Morgan fingerprint density at radius 2 is 1.76 bits per heavy atom. The Morgan fingerprint density at radius 3 is 2.33 bits per heavy atom. The Kier molecular flexibility index (Phi) is 4.01. The Bertz CT molecular complexity index is 516. The van der Waals surface area contributed by atoms with Gasteiger partial charge in [0.1, 0.15) is 6.10 Å². The average molecular weight is 290 g/mol. The minimum atomic E-state index is -0.779. The molecule has 2 amide bonds. The van der Waals surface area contributed by atoms with Crippen molar-refractivity contribution in [2.45, 2.75) is 18.7 Å². The Hall–Kier alpha value is -1.76. The summed E-state index contributed by atoms with van der Waals surface area (Å²) in [5.74, 6) is -0.534. The van der Waals surface area contributed by atoms with E-state index in [1.807, 2.05) is 35.2 Å². The summed E-state index contributed by atoms with van der Waals surface area (Å²) >= 11 is 0. The lowest BCUT2D eigenvalue weighted by molar-refractivity contribution is -0.156. The topological polar surface area (TPSA) is 70.1 Å². The first-order valence-corrected chi connectivity index (χ1v) is 7.02. The minimum absolute atomic E-state index is 0.176. The maximum absolute atomic E-state index is 12.2. The normalized spacial score (nSPS) is 27.4. The molecule has 0 aliphatic carbocycles. The highest BCUT2D eigenvalue weighted by Crippen LogP contribution is 2.18. The van der Waals surface area contributed by atoms with E-state index >= 15 is 0 Å². The molecule has 0 bridgehead atoms. The fourth-order valence-electron chi connectivity index (χ4n) is 2.83. The zero-order valence-electron chi connectivity index (χ0n) is 11.6. The van der Waals surface area contributed by atoms with Gasteiger partial charge in [-0.05, 0) is 5.56 Å². The minimum Gasteiger partial charge on any atom is -0.388 e. The number of nitrogens with zero attached hydrogens (tertiary/aromatic N) is 2. The van der Waals surface area contributed by atoms with E-state index in [9.17, 15) is 14.7 Å². The van der Waals surface area contributed by atoms with Crippen LogP contribution in [0.25, 0.3) is 0 Å². The summed E-state index contributed by atoms with van der Waals surface area (Å²) in [6, 6.07) is 9.19. The Balaban J connectivity index is 1.67. The van der Waals surface area contributed by atoms with Crippen LogP contribution in [0.15, 0.2) is 30.3 Å². The molecule has 2 fully saturated rings. The van der Waals surface area contributed by atoms with Gasteiger partial charge in [-0.2, -0.15) is 0 Å². The third-order valence-corrected chi connectivity index (χ3v) is 3.86. The van der Waals surface area contributed by atoms with Gasteiger partial charge in [0.15, 0.2) is 0 Å². The first-order valence-electron chi connectivity index (χ1n) is 7.02. The largest absolute Gasteiger partial charge is 0.388 e. The predicted octanol–water partition coefficient (Wildman–Crippen LogP) is -0.383. The first kappa shape index (κ1) is 14.2. The van der Waals surface area contributed by atoms with E-state index in [1.165, 1.54) is 4.90 Å². The number of hydrogen-bond donors (Lipinski definition) is 1. The van der Waals surface area contributed by atoms with Crippen molar-refractivity contribution in [1.29, 1.82) is 0 Å². The fourth-order valence-corrected chi connectivity index (χ4v) is 2.83. The molecule has 0 saturated carbocycles. The van der Waals surface area contributed by atoms with E-state index in [-0.39, 0.29) is 38.1 Å². The number of carbonyl (C=O) groups excluding carboxylic acids is 2. The molecular weight excluding hydrogens is 272 g/mol. The van der Waals surface area contributed by atoms with E-state index in [2.05, 4.69) is 0 Å². The molecule has 2 heterocycles. The van der Waals surface area contributed by atoms with Crippen LogP contribution in [0.3, 0.4) is 0 Å². The number of piperazine rings is 1. The fraction of sp³-hybridized carbons (Fsp3) is 0.467. The maximum atomic E-state index is 12.2. The van der Waals surface area contributed by atoms with Crippen LogP contribution >= 0.6 is 0 Å². The summed E-state index contributed by atoms with van der Waals surface area (Å²) in [5.41, 5.74) is 1.07. The first-order chi connectivity index (χ1) is 10.1. The number of aliphatic hydroxyl groups is 1. The highest BCUT2D eigenvalue weighted by molar-refractivity contribution is 6.00. The van der Waals surface area contributed by atoms with E-state index < -0.39 is 12.1 Å². The lowest BCUT2D eigenvalue weighted by atomic mass is 10.1. The highest BCUT2D eigenvalue weighted by Gasteiger charge is 2.41. The van der Waals surface area contributed by atoms with Crippen LogP contribution in [0.5, 0.6) is 0 Å². The van der Waals surface area contributed by atoms with Crippen LogP contribution in [-0.2, 0) is 20.9 Å². The van der Waals surface area contributed by atoms with Gasteiger partial charge < -0.3 is 9.84 Å². The van der Waals surface area contributed by atoms with E-state index in [4.69, 9.17) is 4.74 Å². The van der Waals surface area contributed by atoms with E-state index in [0.717, 1.165) is 5.56 Å². The number of carbonyl (C=O) groups is 2. The van der Waals surface area contributed by atoms with Crippen LogP contribution in [0.2, 0.25) is 0 Å².